The zero-order valence-corrected chi connectivity index (χ0v) is 14.3. The maximum absolute atomic E-state index is 13.9. The average molecular weight is 350 g/mol. The summed E-state index contributed by atoms with van der Waals surface area (Å²) in [6.07, 6.45) is 1.58. The van der Waals surface area contributed by atoms with E-state index in [2.05, 4.69) is 53.3 Å². The fourth-order valence-electron chi connectivity index (χ4n) is 2.44. The third kappa shape index (κ3) is 4.39. The van der Waals surface area contributed by atoms with Crippen molar-refractivity contribution in [2.45, 2.75) is 32.7 Å². The van der Waals surface area contributed by atoms with Crippen LogP contribution in [0.2, 0.25) is 0 Å². The minimum absolute atomic E-state index is 0.148. The summed E-state index contributed by atoms with van der Waals surface area (Å²) >= 11 is 3.29. The van der Waals surface area contributed by atoms with E-state index in [0.717, 1.165) is 16.5 Å². The molecule has 0 spiro atoms. The Kier molecular flexibility index (Phi) is 5.54. The molecule has 0 fully saturated rings. The molecular weight excluding hydrogens is 329 g/mol. The van der Waals surface area contributed by atoms with Crippen LogP contribution in [0.4, 0.5) is 4.39 Å². The summed E-state index contributed by atoms with van der Waals surface area (Å²) < 4.78 is 14.7. The number of likely N-dealkylation sites (N-methyl/N-ethyl adjacent to an activating group) is 1. The van der Waals surface area contributed by atoms with Gasteiger partial charge in [-0.15, -0.1) is 0 Å². The van der Waals surface area contributed by atoms with E-state index in [0.29, 0.717) is 6.42 Å². The number of hydrogen-bond donors (Lipinski definition) is 1. The van der Waals surface area contributed by atoms with E-state index in [1.165, 1.54) is 22.8 Å². The Morgan fingerprint density at radius 2 is 1.81 bits per heavy atom. The van der Waals surface area contributed by atoms with Crippen LogP contribution in [0.5, 0.6) is 0 Å². The highest BCUT2D eigenvalue weighted by molar-refractivity contribution is 9.10. The molecule has 0 aromatic heterocycles. The molecule has 0 saturated carbocycles. The summed E-state index contributed by atoms with van der Waals surface area (Å²) in [5.74, 6) is -0.148. The summed E-state index contributed by atoms with van der Waals surface area (Å²) in [6, 6.07) is 12.0. The van der Waals surface area contributed by atoms with Gasteiger partial charge in [-0.05, 0) is 68.1 Å². The third-order valence-corrected chi connectivity index (χ3v) is 4.44. The Morgan fingerprint density at radius 1 is 1.05 bits per heavy atom. The molecule has 0 bridgehead atoms. The molecular formula is C18H21BrFN. The molecule has 2 rings (SSSR count). The first-order chi connectivity index (χ1) is 9.99. The zero-order valence-electron chi connectivity index (χ0n) is 12.7. The van der Waals surface area contributed by atoms with Crippen LogP contribution in [0, 0.1) is 19.7 Å². The molecule has 0 radical (unpaired) electrons. The Labute approximate surface area is 134 Å². The molecule has 112 valence electrons. The molecule has 1 atom stereocenters. The molecule has 2 aromatic carbocycles. The van der Waals surface area contributed by atoms with Gasteiger partial charge in [0.05, 0.1) is 0 Å². The van der Waals surface area contributed by atoms with Crippen LogP contribution < -0.4 is 5.32 Å². The van der Waals surface area contributed by atoms with Crippen molar-refractivity contribution in [2.24, 2.45) is 0 Å². The summed E-state index contributed by atoms with van der Waals surface area (Å²) in [5, 5.41) is 3.30. The van der Waals surface area contributed by atoms with Gasteiger partial charge in [-0.2, -0.15) is 0 Å². The first kappa shape index (κ1) is 16.2. The van der Waals surface area contributed by atoms with Gasteiger partial charge in [0.25, 0.3) is 0 Å². The Balaban J connectivity index is 2.10. The lowest BCUT2D eigenvalue weighted by atomic mass is 9.96. The van der Waals surface area contributed by atoms with Crippen LogP contribution in [0.3, 0.4) is 0 Å². The number of rotatable bonds is 5. The molecule has 1 unspecified atom stereocenters. The van der Waals surface area contributed by atoms with Gasteiger partial charge >= 0.3 is 0 Å². The maximum Gasteiger partial charge on any atom is 0.127 e. The quantitative estimate of drug-likeness (QED) is 0.832. The lowest BCUT2D eigenvalue weighted by molar-refractivity contribution is 0.532. The lowest BCUT2D eigenvalue weighted by Gasteiger charge is -2.17. The smallest absolute Gasteiger partial charge is 0.127 e. The zero-order chi connectivity index (χ0) is 15.4. The van der Waals surface area contributed by atoms with Gasteiger partial charge in [-0.25, -0.2) is 4.39 Å². The van der Waals surface area contributed by atoms with Crippen molar-refractivity contribution in [1.82, 2.24) is 5.32 Å². The topological polar surface area (TPSA) is 12.0 Å². The van der Waals surface area contributed by atoms with E-state index >= 15 is 0 Å². The molecule has 2 aromatic rings. The molecule has 0 saturated heterocycles. The van der Waals surface area contributed by atoms with Gasteiger partial charge in [0, 0.05) is 10.5 Å². The minimum Gasteiger partial charge on any atom is -0.316 e. The van der Waals surface area contributed by atoms with Gasteiger partial charge in [-0.3, -0.25) is 0 Å². The summed E-state index contributed by atoms with van der Waals surface area (Å²) in [7, 11) is 1.93. The molecule has 0 amide bonds. The average Bonchev–Trinajstić information content (AvgIpc) is 2.44. The van der Waals surface area contributed by atoms with E-state index in [1.807, 2.05) is 19.2 Å². The third-order valence-electron chi connectivity index (χ3n) is 3.94. The number of benzene rings is 2. The van der Waals surface area contributed by atoms with Crippen molar-refractivity contribution in [1.29, 1.82) is 0 Å². The van der Waals surface area contributed by atoms with Gasteiger partial charge in [-0.1, -0.05) is 40.2 Å². The van der Waals surface area contributed by atoms with Crippen molar-refractivity contribution in [3.05, 3.63) is 68.9 Å². The van der Waals surface area contributed by atoms with Crippen LogP contribution in [0.25, 0.3) is 0 Å². The van der Waals surface area contributed by atoms with Crippen LogP contribution in [-0.4, -0.2) is 13.1 Å². The monoisotopic (exact) mass is 349 g/mol. The second kappa shape index (κ2) is 7.19. The highest BCUT2D eigenvalue weighted by atomic mass is 79.9. The second-order valence-corrected chi connectivity index (χ2v) is 6.46. The summed E-state index contributed by atoms with van der Waals surface area (Å²) in [6.45, 7) is 4.24. The lowest BCUT2D eigenvalue weighted by Crippen LogP contribution is -2.30. The van der Waals surface area contributed by atoms with E-state index in [-0.39, 0.29) is 11.9 Å². The molecule has 3 heteroatoms. The van der Waals surface area contributed by atoms with Crippen LogP contribution in [0.15, 0.2) is 40.9 Å². The van der Waals surface area contributed by atoms with Crippen molar-refractivity contribution >= 4 is 15.9 Å². The first-order valence-electron chi connectivity index (χ1n) is 7.17. The fraction of sp³-hybridized carbons (Fsp3) is 0.333. The number of aryl methyl sites for hydroxylation is 2. The SMILES string of the molecule is CNC(Cc1ccc(C)c(C)c1)Cc1ccc(Br)cc1F. The van der Waals surface area contributed by atoms with Gasteiger partial charge in [0.15, 0.2) is 0 Å². The van der Waals surface area contributed by atoms with Crippen molar-refractivity contribution in [2.75, 3.05) is 7.05 Å². The fourth-order valence-corrected chi connectivity index (χ4v) is 2.78. The summed E-state index contributed by atoms with van der Waals surface area (Å²) in [5.41, 5.74) is 4.65. The Bertz CT molecular complexity index is 625. The highest BCUT2D eigenvalue weighted by Crippen LogP contribution is 2.18. The molecule has 21 heavy (non-hydrogen) atoms. The second-order valence-electron chi connectivity index (χ2n) is 5.55. The number of halogens is 2. The Hall–Kier alpha value is -1.19. The molecule has 0 heterocycles. The highest BCUT2D eigenvalue weighted by Gasteiger charge is 2.12. The van der Waals surface area contributed by atoms with E-state index < -0.39 is 0 Å². The van der Waals surface area contributed by atoms with Gasteiger partial charge in [0.1, 0.15) is 5.82 Å². The molecule has 0 aliphatic carbocycles. The number of nitrogens with one attached hydrogen (secondary N) is 1. The molecule has 0 aliphatic rings. The predicted octanol–water partition coefficient (Wildman–Crippen LogP) is 4.58. The summed E-state index contributed by atoms with van der Waals surface area (Å²) in [4.78, 5) is 0. The van der Waals surface area contributed by atoms with E-state index in [4.69, 9.17) is 0 Å². The Morgan fingerprint density at radius 3 is 2.43 bits per heavy atom. The first-order valence-corrected chi connectivity index (χ1v) is 7.96. The predicted molar refractivity (Wildman–Crippen MR) is 90.3 cm³/mol. The van der Waals surface area contributed by atoms with Gasteiger partial charge in [0.2, 0.25) is 0 Å². The van der Waals surface area contributed by atoms with Gasteiger partial charge < -0.3 is 5.32 Å². The normalized spacial score (nSPS) is 12.4. The van der Waals surface area contributed by atoms with Crippen molar-refractivity contribution in [3.8, 4) is 0 Å². The van der Waals surface area contributed by atoms with Crippen molar-refractivity contribution in [3.63, 3.8) is 0 Å². The van der Waals surface area contributed by atoms with E-state index in [1.54, 1.807) is 0 Å². The van der Waals surface area contributed by atoms with E-state index in [9.17, 15) is 4.39 Å². The van der Waals surface area contributed by atoms with Crippen LogP contribution in [-0.2, 0) is 12.8 Å². The molecule has 1 nitrogen and oxygen atoms in total. The minimum atomic E-state index is -0.148. The van der Waals surface area contributed by atoms with Crippen LogP contribution >= 0.6 is 15.9 Å². The van der Waals surface area contributed by atoms with Crippen molar-refractivity contribution < 1.29 is 4.39 Å². The standard InChI is InChI=1S/C18H21BrFN/c1-12-4-5-14(8-13(12)2)9-17(21-3)10-15-6-7-16(19)11-18(15)20/h4-8,11,17,21H,9-10H2,1-3H3. The maximum atomic E-state index is 13.9. The number of hydrogen-bond acceptors (Lipinski definition) is 1. The molecule has 0 aliphatic heterocycles. The molecule has 1 N–H and O–H groups in total. The van der Waals surface area contributed by atoms with Crippen LogP contribution in [0.1, 0.15) is 22.3 Å². The largest absolute Gasteiger partial charge is 0.316 e.